The maximum Gasteiger partial charge on any atom is 0.408 e. The summed E-state index contributed by atoms with van der Waals surface area (Å²) in [7, 11) is 0. The third-order valence-corrected chi connectivity index (χ3v) is 4.88. The molecule has 0 aromatic rings. The summed E-state index contributed by atoms with van der Waals surface area (Å²) < 4.78 is 15.8. The Hall–Kier alpha value is 0.320. The zero-order valence-electron chi connectivity index (χ0n) is 6.18. The normalized spacial score (nSPS) is 10.9. The molecule has 0 unspecified atom stereocenters. The second kappa shape index (κ2) is 5.05. The van der Waals surface area contributed by atoms with E-state index in [1.807, 2.05) is 0 Å². The molecule has 0 aliphatic rings. The van der Waals surface area contributed by atoms with E-state index in [1.54, 1.807) is 13.8 Å². The fourth-order valence-electron chi connectivity index (χ4n) is 0.195. The zero-order chi connectivity index (χ0) is 8.91. The van der Waals surface area contributed by atoms with Crippen molar-refractivity contribution >= 4 is 34.6 Å². The molecule has 5 nitrogen and oxygen atoms in total. The van der Waals surface area contributed by atoms with Gasteiger partial charge >= 0.3 is 5.77 Å². The Kier molecular flexibility index (Phi) is 5.20. The number of nitrogens with zero attached hydrogens (tertiary/aromatic N) is 1. The van der Waals surface area contributed by atoms with Gasteiger partial charge in [-0.05, 0) is 13.8 Å². The van der Waals surface area contributed by atoms with Gasteiger partial charge in [0.2, 0.25) is 0 Å². The Morgan fingerprint density at radius 3 is 2.18 bits per heavy atom. The number of rotatable bonds is 4. The Morgan fingerprint density at radius 2 is 1.91 bits per heavy atom. The summed E-state index contributed by atoms with van der Waals surface area (Å²) in [6, 6.07) is 0. The molecule has 0 aliphatic carbocycles. The molecule has 11 heavy (non-hydrogen) atoms. The first-order valence-electron chi connectivity index (χ1n) is 2.61. The minimum Gasteiger partial charge on any atom is -0.317 e. The highest BCUT2D eigenvalue weighted by atomic mass is 33.1. The number of nitrogens with two attached hydrogens (primary N) is 2. The van der Waals surface area contributed by atoms with E-state index in [4.69, 9.17) is 10.3 Å². The van der Waals surface area contributed by atoms with Crippen LogP contribution in [-0.2, 0) is 9.19 Å². The van der Waals surface area contributed by atoms with Crippen LogP contribution in [0.4, 0.5) is 0 Å². The fourth-order valence-corrected chi connectivity index (χ4v) is 1.61. The van der Waals surface area contributed by atoms with Crippen molar-refractivity contribution < 1.29 is 9.19 Å². The Bertz CT molecular complexity index is 185. The molecule has 0 saturated heterocycles. The van der Waals surface area contributed by atoms with E-state index in [-0.39, 0.29) is 0 Å². The number of hydrogen-bond acceptors (Lipinski definition) is 7. The first-order valence-corrected chi connectivity index (χ1v) is 7.20. The minimum absolute atomic E-state index is 0.578. The molecule has 0 heterocycles. The second-order valence-electron chi connectivity index (χ2n) is 1.78. The summed E-state index contributed by atoms with van der Waals surface area (Å²) >= 11 is 1.16. The van der Waals surface area contributed by atoms with Crippen molar-refractivity contribution in [2.24, 2.45) is 15.4 Å². The molecule has 8 heteroatoms. The molecule has 0 saturated carbocycles. The topological polar surface area (TPSA) is 90.7 Å². The predicted molar refractivity (Wildman–Crippen MR) is 51.0 cm³/mol. The Morgan fingerprint density at radius 1 is 1.45 bits per heavy atom. The lowest BCUT2D eigenvalue weighted by Crippen LogP contribution is -1.88. The van der Waals surface area contributed by atoms with E-state index < -0.39 is 5.77 Å². The van der Waals surface area contributed by atoms with Crippen LogP contribution in [0.15, 0.2) is 5.16 Å². The molecule has 0 rings (SSSR count). The molecule has 0 spiro atoms. The van der Waals surface area contributed by atoms with Crippen LogP contribution < -0.4 is 10.3 Å². The third kappa shape index (κ3) is 4.71. The first-order chi connectivity index (χ1) is 5.04. The summed E-state index contributed by atoms with van der Waals surface area (Å²) in [5, 5.41) is 13.6. The van der Waals surface area contributed by atoms with E-state index >= 15 is 0 Å². The van der Waals surface area contributed by atoms with Gasteiger partial charge < -0.3 is 4.62 Å². The second-order valence-corrected chi connectivity index (χ2v) is 8.10. The van der Waals surface area contributed by atoms with Crippen molar-refractivity contribution in [1.29, 1.82) is 0 Å². The summed E-state index contributed by atoms with van der Waals surface area (Å²) in [5.74, 6) is -3.03. The molecule has 0 aromatic carbocycles. The molecule has 0 fully saturated rings. The van der Waals surface area contributed by atoms with Crippen LogP contribution in [0.1, 0.15) is 13.8 Å². The Labute approximate surface area is 73.5 Å². The van der Waals surface area contributed by atoms with Crippen LogP contribution in [0.2, 0.25) is 0 Å². The minimum atomic E-state index is -3.03. The van der Waals surface area contributed by atoms with Gasteiger partial charge in [-0.2, -0.15) is 0 Å². The monoisotopic (exact) mass is 215 g/mol. The molecule has 0 atom stereocenters. The Balaban J connectivity index is 4.10. The van der Waals surface area contributed by atoms with E-state index in [1.165, 1.54) is 0 Å². The van der Waals surface area contributed by atoms with Crippen molar-refractivity contribution in [3.8, 4) is 0 Å². The van der Waals surface area contributed by atoms with Crippen molar-refractivity contribution in [2.45, 2.75) is 13.8 Å². The molecule has 0 aliphatic heterocycles. The van der Waals surface area contributed by atoms with E-state index in [9.17, 15) is 4.57 Å². The van der Waals surface area contributed by atoms with Crippen molar-refractivity contribution in [3.05, 3.63) is 0 Å². The SMILES string of the molecule is CC(C)=NOP(=O)(SN)SN. The zero-order valence-corrected chi connectivity index (χ0v) is 8.71. The van der Waals surface area contributed by atoms with Crippen LogP contribution in [0.5, 0.6) is 0 Å². The van der Waals surface area contributed by atoms with Crippen molar-refractivity contribution in [2.75, 3.05) is 0 Å². The lowest BCUT2D eigenvalue weighted by Gasteiger charge is -2.07. The van der Waals surface area contributed by atoms with Gasteiger partial charge in [0.25, 0.3) is 0 Å². The highest BCUT2D eigenvalue weighted by Crippen LogP contribution is 2.65. The standard InChI is InChI=1S/C3H10N3O2PS2/c1-3(2)6-8-9(7,10-4)11-5/h4-5H2,1-2H3. The third-order valence-electron chi connectivity index (χ3n) is 0.582. The average molecular weight is 215 g/mol. The lowest BCUT2D eigenvalue weighted by atomic mass is 10.5. The van der Waals surface area contributed by atoms with E-state index in [0.717, 1.165) is 0 Å². The van der Waals surface area contributed by atoms with Gasteiger partial charge in [0.15, 0.2) is 0 Å². The molecular weight excluding hydrogens is 205 g/mol. The summed E-state index contributed by atoms with van der Waals surface area (Å²) in [4.78, 5) is 0. The van der Waals surface area contributed by atoms with Gasteiger partial charge in [-0.1, -0.05) is 5.16 Å². The molecule has 0 bridgehead atoms. The van der Waals surface area contributed by atoms with Crippen molar-refractivity contribution in [3.63, 3.8) is 0 Å². The summed E-state index contributed by atoms with van der Waals surface area (Å²) in [5.41, 5.74) is 0.660. The van der Waals surface area contributed by atoms with Crippen LogP contribution in [-0.4, -0.2) is 5.71 Å². The number of oxime groups is 1. The summed E-state index contributed by atoms with van der Waals surface area (Å²) in [6.45, 7) is 3.43. The smallest absolute Gasteiger partial charge is 0.317 e. The van der Waals surface area contributed by atoms with Gasteiger partial charge in [-0.3, -0.25) is 10.3 Å². The van der Waals surface area contributed by atoms with Gasteiger partial charge in [0.1, 0.15) is 0 Å². The van der Waals surface area contributed by atoms with E-state index in [0.29, 0.717) is 28.8 Å². The molecule has 0 amide bonds. The highest BCUT2D eigenvalue weighted by Gasteiger charge is 2.23. The first kappa shape index (κ1) is 11.3. The van der Waals surface area contributed by atoms with Crippen molar-refractivity contribution in [1.82, 2.24) is 0 Å². The molecule has 0 aromatic heterocycles. The fraction of sp³-hybridized carbons (Fsp3) is 0.667. The molecule has 66 valence electrons. The van der Waals surface area contributed by atoms with Crippen LogP contribution in [0, 0.1) is 0 Å². The quantitative estimate of drug-likeness (QED) is 0.321. The van der Waals surface area contributed by atoms with Crippen LogP contribution >= 0.6 is 28.9 Å². The predicted octanol–water partition coefficient (Wildman–Crippen LogP) is 1.72. The maximum atomic E-state index is 11.2. The number of hydrogen-bond donors (Lipinski definition) is 2. The highest BCUT2D eigenvalue weighted by molar-refractivity contribution is 8.88. The van der Waals surface area contributed by atoms with E-state index in [2.05, 4.69) is 9.78 Å². The summed E-state index contributed by atoms with van der Waals surface area (Å²) in [6.07, 6.45) is 0. The molecule has 4 N–H and O–H groups in total. The van der Waals surface area contributed by atoms with Gasteiger partial charge in [-0.25, -0.2) is 4.57 Å². The lowest BCUT2D eigenvalue weighted by molar-refractivity contribution is 0.358. The van der Waals surface area contributed by atoms with Gasteiger partial charge in [0, 0.05) is 23.1 Å². The van der Waals surface area contributed by atoms with Gasteiger partial charge in [-0.15, -0.1) is 0 Å². The largest absolute Gasteiger partial charge is 0.408 e. The molecule has 0 radical (unpaired) electrons. The van der Waals surface area contributed by atoms with Crippen LogP contribution in [0.3, 0.4) is 0 Å². The maximum absolute atomic E-state index is 11.2. The molecular formula is C3H10N3O2PS2. The van der Waals surface area contributed by atoms with Crippen LogP contribution in [0.25, 0.3) is 0 Å². The average Bonchev–Trinajstić information content (AvgIpc) is 2.00. The van der Waals surface area contributed by atoms with Gasteiger partial charge in [0.05, 0.1) is 5.71 Å².